The van der Waals surface area contributed by atoms with Crippen LogP contribution in [0.2, 0.25) is 0 Å². The minimum absolute atomic E-state index is 0.0226. The van der Waals surface area contributed by atoms with Gasteiger partial charge in [-0.3, -0.25) is 14.4 Å². The van der Waals surface area contributed by atoms with Crippen molar-refractivity contribution in [2.45, 2.75) is 38.4 Å². The van der Waals surface area contributed by atoms with Crippen molar-refractivity contribution in [2.75, 3.05) is 7.11 Å². The van der Waals surface area contributed by atoms with Gasteiger partial charge in [-0.1, -0.05) is 19.1 Å². The Kier molecular flexibility index (Phi) is 5.91. The molecule has 2 aromatic carbocycles. The van der Waals surface area contributed by atoms with E-state index >= 15 is 0 Å². The van der Waals surface area contributed by atoms with Crippen molar-refractivity contribution in [2.24, 2.45) is 0 Å². The van der Waals surface area contributed by atoms with Gasteiger partial charge in [0.1, 0.15) is 11.5 Å². The lowest BCUT2D eigenvalue weighted by molar-refractivity contribution is -0.139. The fourth-order valence-electron chi connectivity index (χ4n) is 3.67. The number of benzene rings is 2. The van der Waals surface area contributed by atoms with Crippen LogP contribution in [0, 0.1) is 0 Å². The molecule has 0 saturated carbocycles. The van der Waals surface area contributed by atoms with Crippen molar-refractivity contribution in [1.82, 2.24) is 0 Å². The number of ketones is 2. The van der Waals surface area contributed by atoms with E-state index in [1.807, 2.05) is 0 Å². The molecular formula is C22H22O8. The quantitative estimate of drug-likeness (QED) is 0.447. The summed E-state index contributed by atoms with van der Waals surface area (Å²) < 4.78 is 4.66. The van der Waals surface area contributed by atoms with Crippen molar-refractivity contribution in [3.63, 3.8) is 0 Å². The van der Waals surface area contributed by atoms with Gasteiger partial charge in [0.25, 0.3) is 0 Å². The summed E-state index contributed by atoms with van der Waals surface area (Å²) in [5.41, 5.74) is -0.778. The van der Waals surface area contributed by atoms with Gasteiger partial charge in [-0.25, -0.2) is 0 Å². The summed E-state index contributed by atoms with van der Waals surface area (Å²) in [6.07, 6.45) is -2.46. The molecule has 1 aliphatic rings. The molecule has 0 fully saturated rings. The van der Waals surface area contributed by atoms with Crippen molar-refractivity contribution >= 4 is 17.5 Å². The number of methoxy groups -OCH3 is 1. The summed E-state index contributed by atoms with van der Waals surface area (Å²) in [6.45, 7) is 1.71. The molecule has 30 heavy (non-hydrogen) atoms. The van der Waals surface area contributed by atoms with Gasteiger partial charge < -0.3 is 25.2 Å². The lowest BCUT2D eigenvalue weighted by atomic mass is 9.79. The second kappa shape index (κ2) is 8.25. The van der Waals surface area contributed by atoms with Crippen molar-refractivity contribution < 1.29 is 39.5 Å². The van der Waals surface area contributed by atoms with E-state index in [-0.39, 0.29) is 46.2 Å². The van der Waals surface area contributed by atoms with Crippen LogP contribution < -0.4 is 0 Å². The van der Waals surface area contributed by atoms with Gasteiger partial charge in [0, 0.05) is 23.1 Å². The first-order valence-electron chi connectivity index (χ1n) is 9.44. The molecule has 0 heterocycles. The molecule has 0 radical (unpaired) electrons. The van der Waals surface area contributed by atoms with Crippen LogP contribution in [0.3, 0.4) is 0 Å². The van der Waals surface area contributed by atoms with E-state index in [9.17, 15) is 34.8 Å². The summed E-state index contributed by atoms with van der Waals surface area (Å²) in [6, 6.07) is 5.33. The van der Waals surface area contributed by atoms with Crippen LogP contribution in [0.4, 0.5) is 0 Å². The summed E-state index contributed by atoms with van der Waals surface area (Å²) in [7, 11) is 1.17. The number of carbonyl (C=O) groups excluding carboxylic acids is 3. The number of fused-ring (bicyclic) bond motifs is 2. The van der Waals surface area contributed by atoms with E-state index in [1.54, 1.807) is 6.92 Å². The molecule has 0 unspecified atom stereocenters. The van der Waals surface area contributed by atoms with E-state index in [0.29, 0.717) is 6.42 Å². The van der Waals surface area contributed by atoms with E-state index in [1.165, 1.54) is 31.4 Å². The highest BCUT2D eigenvalue weighted by Gasteiger charge is 2.37. The molecule has 2 aromatic rings. The Bertz CT molecular complexity index is 1040. The van der Waals surface area contributed by atoms with Gasteiger partial charge in [0.05, 0.1) is 36.9 Å². The van der Waals surface area contributed by atoms with E-state index in [4.69, 9.17) is 0 Å². The summed E-state index contributed by atoms with van der Waals surface area (Å²) in [5, 5.41) is 41.6. The van der Waals surface area contributed by atoms with Crippen molar-refractivity contribution in [3.05, 3.63) is 57.6 Å². The molecule has 8 heteroatoms. The van der Waals surface area contributed by atoms with Gasteiger partial charge in [0.15, 0.2) is 5.78 Å². The first kappa shape index (κ1) is 21.5. The number of rotatable bonds is 6. The van der Waals surface area contributed by atoms with E-state index in [2.05, 4.69) is 4.74 Å². The van der Waals surface area contributed by atoms with Gasteiger partial charge in [-0.2, -0.15) is 0 Å². The lowest BCUT2D eigenvalue weighted by Crippen LogP contribution is -2.24. The largest absolute Gasteiger partial charge is 0.507 e. The maximum atomic E-state index is 13.0. The number of phenols is 2. The molecule has 158 valence electrons. The van der Waals surface area contributed by atoms with Crippen LogP contribution in [0.25, 0.3) is 0 Å². The molecule has 0 aliphatic heterocycles. The average Bonchev–Trinajstić information content (AvgIpc) is 2.71. The Morgan fingerprint density at radius 1 is 1.07 bits per heavy atom. The Morgan fingerprint density at radius 2 is 1.77 bits per heavy atom. The molecule has 8 nitrogen and oxygen atoms in total. The lowest BCUT2D eigenvalue weighted by Gasteiger charge is -2.25. The summed E-state index contributed by atoms with van der Waals surface area (Å²) >= 11 is 0. The first-order valence-corrected chi connectivity index (χ1v) is 9.44. The molecule has 0 bridgehead atoms. The standard InChI is InChI=1S/C22H22O8/c1-3-11(23)9-15(25)17-10(8-16(26)30-2)7-13-19(21(17)28)22(29)18-12(20(13)27)5-4-6-14(18)24/h4-7,11,15,23-25,28H,3,8-9H2,1-2H3/t11-,15-/m1/s1. The number of ether oxygens (including phenoxy) is 1. The normalized spacial score (nSPS) is 14.7. The summed E-state index contributed by atoms with van der Waals surface area (Å²) in [5.74, 6) is -3.12. The number of esters is 1. The van der Waals surface area contributed by atoms with Crippen LogP contribution in [-0.2, 0) is 16.0 Å². The average molecular weight is 414 g/mol. The zero-order chi connectivity index (χ0) is 22.2. The van der Waals surface area contributed by atoms with Gasteiger partial charge in [-0.05, 0) is 24.1 Å². The van der Waals surface area contributed by atoms with Crippen LogP contribution >= 0.6 is 0 Å². The number of aromatic hydroxyl groups is 2. The highest BCUT2D eigenvalue weighted by atomic mass is 16.5. The second-order valence-corrected chi connectivity index (χ2v) is 7.14. The molecule has 0 saturated heterocycles. The monoisotopic (exact) mass is 414 g/mol. The molecule has 0 spiro atoms. The summed E-state index contributed by atoms with van der Waals surface area (Å²) in [4.78, 5) is 37.9. The number of hydrogen-bond donors (Lipinski definition) is 4. The van der Waals surface area contributed by atoms with Crippen LogP contribution in [0.1, 0.15) is 68.8 Å². The second-order valence-electron chi connectivity index (χ2n) is 7.14. The highest BCUT2D eigenvalue weighted by Crippen LogP contribution is 2.42. The van der Waals surface area contributed by atoms with Crippen molar-refractivity contribution in [3.8, 4) is 11.5 Å². The smallest absolute Gasteiger partial charge is 0.309 e. The van der Waals surface area contributed by atoms with Crippen LogP contribution in [0.15, 0.2) is 24.3 Å². The van der Waals surface area contributed by atoms with Gasteiger partial charge in [0.2, 0.25) is 5.78 Å². The highest BCUT2D eigenvalue weighted by molar-refractivity contribution is 6.30. The zero-order valence-electron chi connectivity index (χ0n) is 16.5. The van der Waals surface area contributed by atoms with Gasteiger partial charge in [-0.15, -0.1) is 0 Å². The Balaban J connectivity index is 2.25. The third-order valence-electron chi connectivity index (χ3n) is 5.27. The maximum absolute atomic E-state index is 13.0. The first-order chi connectivity index (χ1) is 14.2. The minimum atomic E-state index is -1.40. The Labute approximate surface area is 172 Å². The third-order valence-corrected chi connectivity index (χ3v) is 5.27. The van der Waals surface area contributed by atoms with E-state index in [0.717, 1.165) is 0 Å². The predicted molar refractivity (Wildman–Crippen MR) is 105 cm³/mol. The number of aliphatic hydroxyl groups is 2. The molecule has 0 aromatic heterocycles. The zero-order valence-corrected chi connectivity index (χ0v) is 16.5. The Hall–Kier alpha value is -3.23. The maximum Gasteiger partial charge on any atom is 0.309 e. The number of hydrogen-bond acceptors (Lipinski definition) is 8. The molecule has 0 amide bonds. The van der Waals surface area contributed by atoms with Gasteiger partial charge >= 0.3 is 5.97 Å². The minimum Gasteiger partial charge on any atom is -0.507 e. The fraction of sp³-hybridized carbons (Fsp3) is 0.318. The topological polar surface area (TPSA) is 141 Å². The van der Waals surface area contributed by atoms with E-state index < -0.39 is 41.2 Å². The third kappa shape index (κ3) is 3.55. The molecule has 4 N–H and O–H groups in total. The van der Waals surface area contributed by atoms with Crippen LogP contribution in [-0.4, -0.2) is 51.2 Å². The molecule has 3 rings (SSSR count). The molecule has 2 atom stereocenters. The fourth-order valence-corrected chi connectivity index (χ4v) is 3.67. The SMILES string of the molecule is CC[C@@H](O)C[C@@H](O)c1c(CC(=O)OC)cc2c(c1O)C(=O)c1c(O)cccc1C2=O. The number of carbonyl (C=O) groups is 3. The number of aliphatic hydroxyl groups excluding tert-OH is 2. The van der Waals surface area contributed by atoms with Crippen LogP contribution in [0.5, 0.6) is 11.5 Å². The molecule has 1 aliphatic carbocycles. The molecular weight excluding hydrogens is 392 g/mol. The number of phenolic OH excluding ortho intramolecular Hbond substituents is 2. The Morgan fingerprint density at radius 3 is 2.40 bits per heavy atom. The predicted octanol–water partition coefficient (Wildman–Crippen LogP) is 1.78. The van der Waals surface area contributed by atoms with Crippen molar-refractivity contribution in [1.29, 1.82) is 0 Å².